The van der Waals surface area contributed by atoms with Crippen molar-refractivity contribution in [3.63, 3.8) is 0 Å². The number of non-ortho nitro benzene ring substituents is 1. The standard InChI is InChI=1S/C23H22N2O6/c1-14-4-6-16(7-5-14)21(26)19-20(15-8-10-17(11-9-15)25(29)30)24(23(28)22(19)27)13-18-3-2-12-31-18/h4-11,18,20,26H,2-3,12-13H2,1H3. The number of carbonyl (C=O) groups is 2. The van der Waals surface area contributed by atoms with E-state index in [-0.39, 0.29) is 29.7 Å². The van der Waals surface area contributed by atoms with Crippen LogP contribution in [-0.4, -0.2) is 45.9 Å². The lowest BCUT2D eigenvalue weighted by molar-refractivity contribution is -0.384. The van der Waals surface area contributed by atoms with Gasteiger partial charge in [-0.3, -0.25) is 19.7 Å². The Kier molecular flexibility index (Phi) is 5.56. The fourth-order valence-corrected chi connectivity index (χ4v) is 4.07. The smallest absolute Gasteiger partial charge is 0.295 e. The average molecular weight is 422 g/mol. The van der Waals surface area contributed by atoms with Gasteiger partial charge < -0.3 is 14.7 Å². The molecule has 160 valence electrons. The summed E-state index contributed by atoms with van der Waals surface area (Å²) in [5.41, 5.74) is 1.80. The lowest BCUT2D eigenvalue weighted by Gasteiger charge is -2.27. The molecule has 2 heterocycles. The quantitative estimate of drug-likeness (QED) is 0.260. The van der Waals surface area contributed by atoms with Crippen LogP contribution < -0.4 is 0 Å². The van der Waals surface area contributed by atoms with E-state index >= 15 is 0 Å². The molecule has 2 atom stereocenters. The zero-order chi connectivity index (χ0) is 22.1. The summed E-state index contributed by atoms with van der Waals surface area (Å²) in [7, 11) is 0. The molecule has 0 aliphatic carbocycles. The van der Waals surface area contributed by atoms with Crippen molar-refractivity contribution in [1.82, 2.24) is 4.90 Å². The molecule has 0 spiro atoms. The Bertz CT molecular complexity index is 1050. The first-order valence-electron chi connectivity index (χ1n) is 10.1. The number of aryl methyl sites for hydroxylation is 1. The number of rotatable bonds is 5. The molecular weight excluding hydrogens is 400 g/mol. The molecule has 2 aromatic carbocycles. The van der Waals surface area contributed by atoms with Crippen LogP contribution in [0.1, 0.15) is 35.6 Å². The van der Waals surface area contributed by atoms with Crippen molar-refractivity contribution in [2.24, 2.45) is 0 Å². The molecule has 0 saturated carbocycles. The summed E-state index contributed by atoms with van der Waals surface area (Å²) in [6.07, 6.45) is 1.45. The van der Waals surface area contributed by atoms with Crippen LogP contribution >= 0.6 is 0 Å². The zero-order valence-electron chi connectivity index (χ0n) is 17.0. The first-order chi connectivity index (χ1) is 14.9. The Labute approximate surface area is 178 Å². The number of hydrogen-bond acceptors (Lipinski definition) is 6. The van der Waals surface area contributed by atoms with Crippen LogP contribution in [0.2, 0.25) is 0 Å². The van der Waals surface area contributed by atoms with E-state index in [9.17, 15) is 24.8 Å². The fraction of sp³-hybridized carbons (Fsp3) is 0.304. The highest BCUT2D eigenvalue weighted by Crippen LogP contribution is 2.40. The van der Waals surface area contributed by atoms with Gasteiger partial charge in [-0.1, -0.05) is 29.8 Å². The first-order valence-corrected chi connectivity index (χ1v) is 10.1. The zero-order valence-corrected chi connectivity index (χ0v) is 17.0. The maximum atomic E-state index is 13.0. The molecule has 2 aromatic rings. The molecule has 0 aromatic heterocycles. The van der Waals surface area contributed by atoms with Gasteiger partial charge in [0.1, 0.15) is 5.76 Å². The van der Waals surface area contributed by atoms with Crippen molar-refractivity contribution in [3.05, 3.63) is 80.9 Å². The van der Waals surface area contributed by atoms with E-state index < -0.39 is 22.7 Å². The number of Topliss-reactive ketones (excluding diaryl/α,β-unsaturated/α-hetero) is 1. The Morgan fingerprint density at radius 1 is 1.16 bits per heavy atom. The molecule has 2 aliphatic heterocycles. The van der Waals surface area contributed by atoms with Crippen LogP contribution in [0, 0.1) is 17.0 Å². The van der Waals surface area contributed by atoms with Gasteiger partial charge in [-0.15, -0.1) is 0 Å². The monoisotopic (exact) mass is 422 g/mol. The second-order valence-electron chi connectivity index (χ2n) is 7.80. The summed E-state index contributed by atoms with van der Waals surface area (Å²) in [6, 6.07) is 11.8. The van der Waals surface area contributed by atoms with Crippen LogP contribution in [0.15, 0.2) is 54.1 Å². The minimum atomic E-state index is -0.855. The van der Waals surface area contributed by atoms with Gasteiger partial charge in [0.25, 0.3) is 17.4 Å². The van der Waals surface area contributed by atoms with Gasteiger partial charge in [-0.2, -0.15) is 0 Å². The fourth-order valence-electron chi connectivity index (χ4n) is 4.07. The summed E-state index contributed by atoms with van der Waals surface area (Å²) >= 11 is 0. The first kappa shape index (κ1) is 20.7. The Hall–Kier alpha value is -3.52. The van der Waals surface area contributed by atoms with Gasteiger partial charge in [-0.25, -0.2) is 0 Å². The lowest BCUT2D eigenvalue weighted by atomic mass is 9.94. The highest BCUT2D eigenvalue weighted by atomic mass is 16.6. The van der Waals surface area contributed by atoms with Gasteiger partial charge >= 0.3 is 0 Å². The molecular formula is C23H22N2O6. The summed E-state index contributed by atoms with van der Waals surface area (Å²) < 4.78 is 5.65. The highest BCUT2D eigenvalue weighted by Gasteiger charge is 2.47. The third kappa shape index (κ3) is 3.94. The van der Waals surface area contributed by atoms with E-state index in [2.05, 4.69) is 0 Å². The predicted octanol–water partition coefficient (Wildman–Crippen LogP) is 3.50. The van der Waals surface area contributed by atoms with Crippen molar-refractivity contribution in [2.75, 3.05) is 13.2 Å². The molecule has 1 N–H and O–H groups in total. The van der Waals surface area contributed by atoms with E-state index in [1.54, 1.807) is 24.3 Å². The molecule has 8 nitrogen and oxygen atoms in total. The van der Waals surface area contributed by atoms with Crippen LogP contribution in [0.4, 0.5) is 5.69 Å². The number of nitro groups is 1. The van der Waals surface area contributed by atoms with Crippen LogP contribution in [0.3, 0.4) is 0 Å². The molecule has 8 heteroatoms. The number of aliphatic hydroxyl groups is 1. The number of aliphatic hydroxyl groups excluding tert-OH is 1. The number of amides is 1. The number of nitro benzene ring substituents is 1. The van der Waals surface area contributed by atoms with E-state index in [4.69, 9.17) is 4.74 Å². The summed E-state index contributed by atoms with van der Waals surface area (Å²) in [4.78, 5) is 37.8. The van der Waals surface area contributed by atoms with Crippen molar-refractivity contribution in [2.45, 2.75) is 31.9 Å². The number of benzene rings is 2. The number of ketones is 1. The highest BCUT2D eigenvalue weighted by molar-refractivity contribution is 6.46. The van der Waals surface area contributed by atoms with Gasteiger partial charge in [0.2, 0.25) is 0 Å². The maximum Gasteiger partial charge on any atom is 0.295 e. The van der Waals surface area contributed by atoms with E-state index in [1.165, 1.54) is 29.2 Å². The minimum absolute atomic E-state index is 0.0271. The van der Waals surface area contributed by atoms with Crippen LogP contribution in [0.5, 0.6) is 0 Å². The molecule has 2 unspecified atom stereocenters. The number of carbonyl (C=O) groups excluding carboxylic acids is 2. The molecule has 2 saturated heterocycles. The van der Waals surface area contributed by atoms with E-state index in [0.29, 0.717) is 17.7 Å². The van der Waals surface area contributed by atoms with Gasteiger partial charge in [-0.05, 0) is 37.5 Å². The van der Waals surface area contributed by atoms with Crippen molar-refractivity contribution < 1.29 is 24.4 Å². The molecule has 2 aliphatic rings. The molecule has 0 radical (unpaired) electrons. The van der Waals surface area contributed by atoms with Crippen molar-refractivity contribution in [1.29, 1.82) is 0 Å². The van der Waals surface area contributed by atoms with Crippen molar-refractivity contribution in [3.8, 4) is 0 Å². The number of likely N-dealkylation sites (tertiary alicyclic amines) is 1. The predicted molar refractivity (Wildman–Crippen MR) is 112 cm³/mol. The summed E-state index contributed by atoms with van der Waals surface area (Å²) in [5.74, 6) is -1.76. The molecule has 4 rings (SSSR count). The molecule has 1 amide bonds. The summed E-state index contributed by atoms with van der Waals surface area (Å²) in [5, 5.41) is 22.0. The Morgan fingerprint density at radius 2 is 1.84 bits per heavy atom. The van der Waals surface area contributed by atoms with Crippen molar-refractivity contribution >= 4 is 23.1 Å². The minimum Gasteiger partial charge on any atom is -0.507 e. The topological polar surface area (TPSA) is 110 Å². The van der Waals surface area contributed by atoms with Gasteiger partial charge in [0, 0.05) is 30.8 Å². The third-order valence-electron chi connectivity index (χ3n) is 5.71. The molecule has 2 fully saturated rings. The molecule has 0 bridgehead atoms. The third-order valence-corrected chi connectivity index (χ3v) is 5.71. The maximum absolute atomic E-state index is 13.0. The van der Waals surface area contributed by atoms with E-state index in [0.717, 1.165) is 18.4 Å². The Balaban J connectivity index is 1.81. The summed E-state index contributed by atoms with van der Waals surface area (Å²) in [6.45, 7) is 2.71. The second kappa shape index (κ2) is 8.31. The molecule has 31 heavy (non-hydrogen) atoms. The lowest BCUT2D eigenvalue weighted by Crippen LogP contribution is -2.36. The van der Waals surface area contributed by atoms with E-state index in [1.807, 2.05) is 6.92 Å². The van der Waals surface area contributed by atoms with Crippen LogP contribution in [0.25, 0.3) is 5.76 Å². The number of hydrogen-bond donors (Lipinski definition) is 1. The van der Waals surface area contributed by atoms with Crippen LogP contribution in [-0.2, 0) is 14.3 Å². The number of ether oxygens (including phenoxy) is 1. The van der Waals surface area contributed by atoms with Gasteiger partial charge in [0.05, 0.1) is 22.6 Å². The van der Waals surface area contributed by atoms with Gasteiger partial charge in [0.15, 0.2) is 0 Å². The largest absolute Gasteiger partial charge is 0.507 e. The second-order valence-corrected chi connectivity index (χ2v) is 7.80. The SMILES string of the molecule is Cc1ccc(C(O)=C2C(=O)C(=O)N(CC3CCCO3)C2c2ccc([N+](=O)[O-])cc2)cc1. The number of nitrogens with zero attached hydrogens (tertiary/aromatic N) is 2. The average Bonchev–Trinajstić information content (AvgIpc) is 3.36. The Morgan fingerprint density at radius 3 is 2.42 bits per heavy atom. The normalized spacial score (nSPS) is 22.8.